The lowest BCUT2D eigenvalue weighted by Gasteiger charge is -2.29. The van der Waals surface area contributed by atoms with Crippen molar-refractivity contribution < 1.29 is 19.4 Å². The van der Waals surface area contributed by atoms with E-state index < -0.39 is 11.7 Å². The van der Waals surface area contributed by atoms with Gasteiger partial charge in [0, 0.05) is 33.6 Å². The zero-order valence-electron chi connectivity index (χ0n) is 18.1. The quantitative estimate of drug-likeness (QED) is 0.371. The number of ether oxygens (including phenoxy) is 2. The predicted molar refractivity (Wildman–Crippen MR) is 133 cm³/mol. The summed E-state index contributed by atoms with van der Waals surface area (Å²) in [6.45, 7) is 6.28. The molecule has 3 rings (SSSR count). The van der Waals surface area contributed by atoms with E-state index in [0.717, 1.165) is 19.9 Å². The van der Waals surface area contributed by atoms with Gasteiger partial charge in [0.05, 0.1) is 5.69 Å². The highest BCUT2D eigenvalue weighted by Gasteiger charge is 2.26. The number of aliphatic hydroxyl groups excluding tert-OH is 1. The molecule has 0 bridgehead atoms. The molecule has 1 N–H and O–H groups in total. The fourth-order valence-corrected chi connectivity index (χ4v) is 4.12. The Hall–Kier alpha value is -2.32. The van der Waals surface area contributed by atoms with Crippen LogP contribution >= 0.6 is 22.6 Å². The number of benzene rings is 3. The minimum atomic E-state index is -0.622. The molecule has 0 aliphatic carbocycles. The maximum absolute atomic E-state index is 13.0. The van der Waals surface area contributed by atoms with E-state index in [0.29, 0.717) is 31.0 Å². The van der Waals surface area contributed by atoms with E-state index in [4.69, 9.17) is 9.47 Å². The highest BCUT2D eigenvalue weighted by Crippen LogP contribution is 2.38. The minimum absolute atomic E-state index is 0.0131. The topological polar surface area (TPSA) is 59.0 Å². The van der Waals surface area contributed by atoms with Crippen molar-refractivity contribution >= 4 is 45.1 Å². The molecule has 164 valence electrons. The molecule has 0 fully saturated rings. The van der Waals surface area contributed by atoms with Crippen molar-refractivity contribution in [1.82, 2.24) is 0 Å². The third-order valence-corrected chi connectivity index (χ3v) is 5.74. The summed E-state index contributed by atoms with van der Waals surface area (Å²) in [5.41, 5.74) is 1.16. The Bertz CT molecular complexity index is 1030. The molecular weight excluding hydrogens is 505 g/mol. The Morgan fingerprint density at radius 1 is 1.03 bits per heavy atom. The SMILES string of the molecule is CC(C)(C)OC(=O)N(CCCO)c1cc(OCc2ccccc2)c2ccccc2c1I. The normalized spacial score (nSPS) is 11.4. The maximum Gasteiger partial charge on any atom is 0.414 e. The van der Waals surface area contributed by atoms with Gasteiger partial charge < -0.3 is 14.6 Å². The number of anilines is 1. The Morgan fingerprint density at radius 3 is 2.32 bits per heavy atom. The van der Waals surface area contributed by atoms with Crippen LogP contribution in [0.2, 0.25) is 0 Å². The van der Waals surface area contributed by atoms with Crippen molar-refractivity contribution in [2.75, 3.05) is 18.1 Å². The van der Waals surface area contributed by atoms with Crippen LogP contribution in [-0.4, -0.2) is 30.0 Å². The second kappa shape index (κ2) is 10.3. The van der Waals surface area contributed by atoms with Gasteiger partial charge in [-0.1, -0.05) is 54.6 Å². The van der Waals surface area contributed by atoms with Crippen LogP contribution in [0, 0.1) is 3.57 Å². The first-order chi connectivity index (χ1) is 14.8. The summed E-state index contributed by atoms with van der Waals surface area (Å²) >= 11 is 2.27. The van der Waals surface area contributed by atoms with Crippen LogP contribution in [0.15, 0.2) is 60.7 Å². The molecule has 6 heteroatoms. The molecule has 0 heterocycles. The molecule has 0 spiro atoms. The summed E-state index contributed by atoms with van der Waals surface area (Å²) in [4.78, 5) is 14.6. The zero-order valence-corrected chi connectivity index (χ0v) is 20.3. The van der Waals surface area contributed by atoms with Gasteiger partial charge in [0.2, 0.25) is 0 Å². The van der Waals surface area contributed by atoms with Crippen molar-refractivity contribution in [3.63, 3.8) is 0 Å². The largest absolute Gasteiger partial charge is 0.488 e. The Labute approximate surface area is 197 Å². The number of halogens is 1. The molecule has 3 aromatic carbocycles. The average Bonchev–Trinajstić information content (AvgIpc) is 2.74. The fraction of sp³-hybridized carbons (Fsp3) is 0.320. The highest BCUT2D eigenvalue weighted by atomic mass is 127. The number of rotatable bonds is 7. The fourth-order valence-electron chi connectivity index (χ4n) is 3.20. The van der Waals surface area contributed by atoms with E-state index in [-0.39, 0.29) is 6.61 Å². The molecule has 5 nitrogen and oxygen atoms in total. The molecule has 0 aromatic heterocycles. The molecule has 0 radical (unpaired) electrons. The van der Waals surface area contributed by atoms with Crippen molar-refractivity contribution in [3.8, 4) is 5.75 Å². The molecule has 0 atom stereocenters. The van der Waals surface area contributed by atoms with Crippen LogP contribution in [0.4, 0.5) is 10.5 Å². The summed E-state index contributed by atoms with van der Waals surface area (Å²) in [5, 5.41) is 11.4. The molecule has 0 aliphatic heterocycles. The number of aliphatic hydroxyl groups is 1. The van der Waals surface area contributed by atoms with Crippen molar-refractivity contribution in [3.05, 3.63) is 69.8 Å². The third-order valence-electron chi connectivity index (χ3n) is 4.60. The van der Waals surface area contributed by atoms with Crippen LogP contribution < -0.4 is 9.64 Å². The van der Waals surface area contributed by atoms with E-state index in [1.165, 1.54) is 0 Å². The van der Waals surface area contributed by atoms with Gasteiger partial charge in [-0.2, -0.15) is 0 Å². The summed E-state index contributed by atoms with van der Waals surface area (Å²) < 4.78 is 12.8. The lowest BCUT2D eigenvalue weighted by atomic mass is 10.1. The van der Waals surface area contributed by atoms with Crippen molar-refractivity contribution in [2.45, 2.75) is 39.4 Å². The van der Waals surface area contributed by atoms with E-state index in [2.05, 4.69) is 22.6 Å². The molecule has 0 saturated carbocycles. The van der Waals surface area contributed by atoms with Gasteiger partial charge in [0.15, 0.2) is 0 Å². The van der Waals surface area contributed by atoms with Gasteiger partial charge >= 0.3 is 6.09 Å². The molecule has 0 saturated heterocycles. The summed E-state index contributed by atoms with van der Waals surface area (Å²) in [5.74, 6) is 0.701. The standard InChI is InChI=1S/C25H28INO4/c1-25(2,3)31-24(29)27(14-9-15-28)21-16-22(30-17-18-10-5-4-6-11-18)19-12-7-8-13-20(19)23(21)26/h4-8,10-13,16,28H,9,14-15,17H2,1-3H3. The second-order valence-electron chi connectivity index (χ2n) is 8.24. The Balaban J connectivity index is 2.04. The van der Waals surface area contributed by atoms with Crippen LogP contribution in [-0.2, 0) is 11.3 Å². The zero-order chi connectivity index (χ0) is 22.4. The highest BCUT2D eigenvalue weighted by molar-refractivity contribution is 14.1. The van der Waals surface area contributed by atoms with Gasteiger partial charge in [0.25, 0.3) is 0 Å². The van der Waals surface area contributed by atoms with Gasteiger partial charge in [-0.15, -0.1) is 0 Å². The van der Waals surface area contributed by atoms with Crippen LogP contribution in [0.25, 0.3) is 10.8 Å². The Kier molecular flexibility index (Phi) is 7.78. The molecule has 0 unspecified atom stereocenters. The number of carbonyl (C=O) groups excluding carboxylic acids is 1. The van der Waals surface area contributed by atoms with Gasteiger partial charge in [-0.05, 0) is 55.3 Å². The van der Waals surface area contributed by atoms with E-state index in [1.807, 2.05) is 81.4 Å². The van der Waals surface area contributed by atoms with Crippen molar-refractivity contribution in [1.29, 1.82) is 0 Å². The first-order valence-corrected chi connectivity index (χ1v) is 11.4. The lowest BCUT2D eigenvalue weighted by Crippen LogP contribution is -2.38. The lowest BCUT2D eigenvalue weighted by molar-refractivity contribution is 0.0578. The van der Waals surface area contributed by atoms with Crippen molar-refractivity contribution in [2.24, 2.45) is 0 Å². The van der Waals surface area contributed by atoms with Crippen LogP contribution in [0.5, 0.6) is 5.75 Å². The van der Waals surface area contributed by atoms with E-state index in [1.54, 1.807) is 4.90 Å². The smallest absolute Gasteiger partial charge is 0.414 e. The number of amides is 1. The Morgan fingerprint density at radius 2 is 1.68 bits per heavy atom. The average molecular weight is 533 g/mol. The van der Waals surface area contributed by atoms with Gasteiger partial charge in [-0.25, -0.2) is 4.79 Å². The summed E-state index contributed by atoms with van der Waals surface area (Å²) in [7, 11) is 0. The third kappa shape index (κ3) is 6.11. The predicted octanol–water partition coefficient (Wildman–Crippen LogP) is 6.15. The minimum Gasteiger partial charge on any atom is -0.488 e. The molecular formula is C25H28INO4. The first-order valence-electron chi connectivity index (χ1n) is 10.3. The number of fused-ring (bicyclic) bond motifs is 1. The molecule has 3 aromatic rings. The monoisotopic (exact) mass is 533 g/mol. The molecule has 0 aliphatic rings. The maximum atomic E-state index is 13.0. The number of hydrogen-bond donors (Lipinski definition) is 1. The van der Waals surface area contributed by atoms with Gasteiger partial charge in [-0.3, -0.25) is 4.90 Å². The van der Waals surface area contributed by atoms with Crippen LogP contribution in [0.1, 0.15) is 32.8 Å². The number of carbonyl (C=O) groups is 1. The second-order valence-corrected chi connectivity index (χ2v) is 9.32. The van der Waals surface area contributed by atoms with E-state index in [9.17, 15) is 9.90 Å². The summed E-state index contributed by atoms with van der Waals surface area (Å²) in [6.07, 6.45) is 0.00526. The first kappa shape index (κ1) is 23.3. The molecule has 1 amide bonds. The van der Waals surface area contributed by atoms with Gasteiger partial charge in [0.1, 0.15) is 18.0 Å². The summed E-state index contributed by atoms with van der Waals surface area (Å²) in [6, 6.07) is 19.9. The number of nitrogens with zero attached hydrogens (tertiary/aromatic N) is 1. The number of hydrogen-bond acceptors (Lipinski definition) is 4. The van der Waals surface area contributed by atoms with E-state index >= 15 is 0 Å². The van der Waals surface area contributed by atoms with Crippen LogP contribution in [0.3, 0.4) is 0 Å². The molecule has 31 heavy (non-hydrogen) atoms.